The molecule has 2 aromatic rings. The lowest BCUT2D eigenvalue weighted by atomic mass is 9.85. The van der Waals surface area contributed by atoms with Crippen molar-refractivity contribution in [3.8, 4) is 5.75 Å². The maximum Gasteiger partial charge on any atom is 0.573 e. The molecule has 1 N–H and O–H groups in total. The van der Waals surface area contributed by atoms with Gasteiger partial charge in [-0.25, -0.2) is 12.8 Å². The van der Waals surface area contributed by atoms with Crippen molar-refractivity contribution < 1.29 is 40.3 Å². The molecule has 0 spiro atoms. The Bertz CT molecular complexity index is 1250. The first-order valence-corrected chi connectivity index (χ1v) is 11.8. The Labute approximate surface area is 200 Å². The predicted octanol–water partition coefficient (Wildman–Crippen LogP) is 3.59. The number of nitrogens with one attached hydrogen (secondary N) is 1. The second-order valence-corrected chi connectivity index (χ2v) is 9.89. The van der Waals surface area contributed by atoms with E-state index in [9.17, 15) is 31.2 Å². The molecule has 0 bridgehead atoms. The highest BCUT2D eigenvalue weighted by Gasteiger charge is 2.47. The summed E-state index contributed by atoms with van der Waals surface area (Å²) in [5.41, 5.74) is -2.84. The van der Waals surface area contributed by atoms with Crippen molar-refractivity contribution in [2.75, 3.05) is 10.7 Å². The Morgan fingerprint density at radius 3 is 2.43 bits per heavy atom. The minimum atomic E-state index is -4.99. The normalized spacial score (nSPS) is 16.7. The van der Waals surface area contributed by atoms with Gasteiger partial charge in [0.25, 0.3) is 5.91 Å². The van der Waals surface area contributed by atoms with Gasteiger partial charge in [-0.05, 0) is 44.9 Å². The summed E-state index contributed by atoms with van der Waals surface area (Å²) in [5, 5.41) is 2.60. The highest BCUT2D eigenvalue weighted by Crippen LogP contribution is 2.47. The summed E-state index contributed by atoms with van der Waals surface area (Å²) < 4.78 is 79.5. The van der Waals surface area contributed by atoms with E-state index in [-0.39, 0.29) is 34.7 Å². The van der Waals surface area contributed by atoms with E-state index in [1.165, 1.54) is 26.8 Å². The molecule has 2 heterocycles. The molecule has 1 aromatic carbocycles. The summed E-state index contributed by atoms with van der Waals surface area (Å²) >= 11 is 0. The molecule has 0 aliphatic carbocycles. The van der Waals surface area contributed by atoms with E-state index in [1.54, 1.807) is 6.92 Å². The van der Waals surface area contributed by atoms with Crippen LogP contribution in [0.15, 0.2) is 30.6 Å². The summed E-state index contributed by atoms with van der Waals surface area (Å²) in [7, 11) is -2.80. The Morgan fingerprint density at radius 1 is 1.20 bits per heavy atom. The molecule has 1 atom stereocenters. The average Bonchev–Trinajstić information content (AvgIpc) is 2.93. The minimum Gasteiger partial charge on any atom is -0.404 e. The zero-order valence-electron chi connectivity index (χ0n) is 19.2. The molecule has 1 aliphatic heterocycles. The van der Waals surface area contributed by atoms with Crippen molar-refractivity contribution in [2.45, 2.75) is 51.4 Å². The van der Waals surface area contributed by atoms with Crippen LogP contribution in [-0.4, -0.2) is 42.9 Å². The fraction of sp³-hybridized carbons (Fsp3) is 0.409. The number of carbonyl (C=O) groups excluding carboxylic acids is 2. The van der Waals surface area contributed by atoms with Gasteiger partial charge in [0.2, 0.25) is 5.91 Å². The van der Waals surface area contributed by atoms with Crippen LogP contribution >= 0.6 is 0 Å². The zero-order chi connectivity index (χ0) is 26.3. The SMILES string of the molecule is CC[C@](C)(C[SH](=O)=O)NC(=O)c1cc(F)c2c(c1)C(C)(C)C(=O)N2c1cncc(OC(F)(F)F)c1. The molecule has 0 saturated carbocycles. The number of pyridine rings is 1. The second kappa shape index (κ2) is 9.10. The number of rotatable bonds is 7. The quantitative estimate of drug-likeness (QED) is 0.430. The van der Waals surface area contributed by atoms with E-state index in [1.807, 2.05) is 0 Å². The van der Waals surface area contributed by atoms with Gasteiger partial charge in [-0.3, -0.25) is 19.5 Å². The van der Waals surface area contributed by atoms with Gasteiger partial charge in [0.05, 0.1) is 40.5 Å². The first kappa shape index (κ1) is 26.4. The molecule has 0 radical (unpaired) electrons. The van der Waals surface area contributed by atoms with Gasteiger partial charge in [-0.2, -0.15) is 0 Å². The largest absolute Gasteiger partial charge is 0.573 e. The molecule has 0 unspecified atom stereocenters. The summed E-state index contributed by atoms with van der Waals surface area (Å²) in [4.78, 5) is 30.6. The van der Waals surface area contributed by atoms with Crippen molar-refractivity contribution in [3.05, 3.63) is 47.5 Å². The van der Waals surface area contributed by atoms with Gasteiger partial charge >= 0.3 is 6.36 Å². The van der Waals surface area contributed by atoms with Crippen molar-refractivity contribution in [2.24, 2.45) is 0 Å². The highest BCUT2D eigenvalue weighted by atomic mass is 32.2. The smallest absolute Gasteiger partial charge is 0.404 e. The fourth-order valence-electron chi connectivity index (χ4n) is 3.77. The molecule has 13 heteroatoms. The minimum absolute atomic E-state index is 0.128. The number of alkyl halides is 3. The third-order valence-corrected chi connectivity index (χ3v) is 6.78. The highest BCUT2D eigenvalue weighted by molar-refractivity contribution is 7.72. The van der Waals surface area contributed by atoms with Gasteiger partial charge in [0.15, 0.2) is 0 Å². The first-order valence-electron chi connectivity index (χ1n) is 10.4. The van der Waals surface area contributed by atoms with Crippen LogP contribution in [0.3, 0.4) is 0 Å². The van der Waals surface area contributed by atoms with Crippen LogP contribution in [-0.2, 0) is 20.9 Å². The number of aromatic nitrogens is 1. The molecular formula is C22H23F4N3O5S. The van der Waals surface area contributed by atoms with E-state index < -0.39 is 51.4 Å². The number of fused-ring (bicyclic) bond motifs is 1. The molecule has 3 rings (SSSR count). The third-order valence-electron chi connectivity index (χ3n) is 5.82. The molecule has 35 heavy (non-hydrogen) atoms. The fourth-order valence-corrected chi connectivity index (χ4v) is 4.64. The Kier molecular flexibility index (Phi) is 6.86. The van der Waals surface area contributed by atoms with Gasteiger partial charge in [0.1, 0.15) is 22.3 Å². The first-order chi connectivity index (χ1) is 16.1. The number of benzene rings is 1. The standard InChI is InChI=1S/C22H23F4N3O5S/c1-5-21(4,11-35(32)33)28-18(30)12-6-15-17(16(23)7-12)29(19(31)20(15,2)3)13-8-14(10-27-9-13)34-22(24,25)26/h6-10,35H,5,11H2,1-4H3,(H,28,30)/t21-/m1/s1. The molecule has 1 aromatic heterocycles. The predicted molar refractivity (Wildman–Crippen MR) is 119 cm³/mol. The number of nitrogens with zero attached hydrogens (tertiary/aromatic N) is 2. The van der Waals surface area contributed by atoms with E-state index in [0.29, 0.717) is 0 Å². The summed E-state index contributed by atoms with van der Waals surface area (Å²) in [6.07, 6.45) is -2.82. The van der Waals surface area contributed by atoms with Crippen LogP contribution in [0.25, 0.3) is 0 Å². The zero-order valence-corrected chi connectivity index (χ0v) is 20.1. The van der Waals surface area contributed by atoms with Crippen molar-refractivity contribution in [1.82, 2.24) is 10.3 Å². The van der Waals surface area contributed by atoms with Crippen LogP contribution in [0, 0.1) is 5.82 Å². The lowest BCUT2D eigenvalue weighted by Gasteiger charge is -2.27. The van der Waals surface area contributed by atoms with E-state index in [2.05, 4.69) is 15.0 Å². The number of hydrogen-bond donors (Lipinski definition) is 2. The maximum atomic E-state index is 15.4. The second-order valence-electron chi connectivity index (χ2n) is 8.91. The van der Waals surface area contributed by atoms with E-state index >= 15 is 4.39 Å². The van der Waals surface area contributed by atoms with Crippen LogP contribution in [0.5, 0.6) is 5.75 Å². The number of thiol groups is 1. The number of carbonyl (C=O) groups is 2. The van der Waals surface area contributed by atoms with E-state index in [0.717, 1.165) is 29.4 Å². The topological polar surface area (TPSA) is 106 Å². The van der Waals surface area contributed by atoms with Gasteiger partial charge in [-0.1, -0.05) is 6.92 Å². The maximum absolute atomic E-state index is 15.4. The van der Waals surface area contributed by atoms with Crippen LogP contribution < -0.4 is 15.0 Å². The lowest BCUT2D eigenvalue weighted by Crippen LogP contribution is -2.48. The molecule has 1 aliphatic rings. The van der Waals surface area contributed by atoms with Crippen molar-refractivity contribution >= 4 is 33.9 Å². The third kappa shape index (κ3) is 5.39. The van der Waals surface area contributed by atoms with Crippen LogP contribution in [0.1, 0.15) is 50.0 Å². The van der Waals surface area contributed by atoms with Gasteiger partial charge in [-0.15, -0.1) is 13.2 Å². The van der Waals surface area contributed by atoms with Crippen LogP contribution in [0.2, 0.25) is 0 Å². The Morgan fingerprint density at radius 2 is 1.86 bits per heavy atom. The summed E-state index contributed by atoms with van der Waals surface area (Å²) in [6, 6.07) is 3.09. The molecule has 2 amide bonds. The molecular weight excluding hydrogens is 494 g/mol. The van der Waals surface area contributed by atoms with Gasteiger partial charge < -0.3 is 10.1 Å². The number of hydrogen-bond acceptors (Lipinski definition) is 6. The number of amides is 2. The van der Waals surface area contributed by atoms with Crippen LogP contribution in [0.4, 0.5) is 28.9 Å². The van der Waals surface area contributed by atoms with Crippen molar-refractivity contribution in [3.63, 3.8) is 0 Å². The molecule has 8 nitrogen and oxygen atoms in total. The van der Waals surface area contributed by atoms with Gasteiger partial charge in [0, 0.05) is 11.6 Å². The molecule has 0 saturated heterocycles. The monoisotopic (exact) mass is 517 g/mol. The number of halogens is 4. The van der Waals surface area contributed by atoms with E-state index in [4.69, 9.17) is 0 Å². The average molecular weight is 518 g/mol. The Balaban J connectivity index is 2.05. The molecule has 0 fully saturated rings. The number of anilines is 2. The number of ether oxygens (including phenoxy) is 1. The molecule has 190 valence electrons. The lowest BCUT2D eigenvalue weighted by molar-refractivity contribution is -0.274. The Hall–Kier alpha value is -3.22. The van der Waals surface area contributed by atoms with Crippen molar-refractivity contribution in [1.29, 1.82) is 0 Å². The summed E-state index contributed by atoms with van der Waals surface area (Å²) in [6.45, 7) is 6.19. The summed E-state index contributed by atoms with van der Waals surface area (Å²) in [5.74, 6) is -3.38.